The van der Waals surface area contributed by atoms with Gasteiger partial charge in [0, 0.05) is 14.2 Å². The van der Waals surface area contributed by atoms with Crippen LogP contribution in [0.3, 0.4) is 0 Å². The van der Waals surface area contributed by atoms with E-state index in [2.05, 4.69) is 0 Å². The molecule has 10 heavy (non-hydrogen) atoms. The summed E-state index contributed by atoms with van der Waals surface area (Å²) in [6.07, 6.45) is -0.732. The molecule has 0 aliphatic heterocycles. The van der Waals surface area contributed by atoms with Gasteiger partial charge in [0.05, 0.1) is 0 Å². The zero-order valence-corrected chi connectivity index (χ0v) is 6.88. The lowest BCUT2D eigenvalue weighted by Crippen LogP contribution is -2.30. The van der Waals surface area contributed by atoms with E-state index in [-0.39, 0.29) is 18.0 Å². The van der Waals surface area contributed by atoms with Gasteiger partial charge in [0.1, 0.15) is 12.2 Å². The normalized spacial score (nSPS) is 16.4. The second-order valence-corrected chi connectivity index (χ2v) is 2.16. The largest absolute Gasteiger partial charge is 0.374 e. The van der Waals surface area contributed by atoms with Crippen LogP contribution in [0.2, 0.25) is 0 Å². The molecule has 0 aromatic heterocycles. The molecule has 0 aromatic carbocycles. The molecule has 0 N–H and O–H groups in total. The SMILES string of the molecule is COC(C)C(=O)C(C)OC. The van der Waals surface area contributed by atoms with Crippen molar-refractivity contribution >= 4 is 5.78 Å². The van der Waals surface area contributed by atoms with Gasteiger partial charge in [-0.1, -0.05) is 0 Å². The lowest BCUT2D eigenvalue weighted by atomic mass is 10.2. The second kappa shape index (κ2) is 4.41. The fourth-order valence-corrected chi connectivity index (χ4v) is 0.563. The van der Waals surface area contributed by atoms with E-state index in [1.54, 1.807) is 13.8 Å². The lowest BCUT2D eigenvalue weighted by molar-refractivity contribution is -0.137. The minimum absolute atomic E-state index is 0.0231. The zero-order chi connectivity index (χ0) is 8.15. The van der Waals surface area contributed by atoms with E-state index >= 15 is 0 Å². The molecule has 0 fully saturated rings. The molecule has 0 bridgehead atoms. The number of hydrogen-bond acceptors (Lipinski definition) is 3. The van der Waals surface area contributed by atoms with Crippen LogP contribution in [0.15, 0.2) is 0 Å². The van der Waals surface area contributed by atoms with E-state index < -0.39 is 0 Å². The van der Waals surface area contributed by atoms with Crippen molar-refractivity contribution in [3.05, 3.63) is 0 Å². The van der Waals surface area contributed by atoms with Gasteiger partial charge in [0.2, 0.25) is 0 Å². The third-order valence-electron chi connectivity index (χ3n) is 1.51. The van der Waals surface area contributed by atoms with Crippen molar-refractivity contribution in [1.82, 2.24) is 0 Å². The Balaban J connectivity index is 3.82. The molecule has 0 aromatic rings. The van der Waals surface area contributed by atoms with E-state index in [1.807, 2.05) is 0 Å². The molecule has 0 aliphatic carbocycles. The molecule has 0 amide bonds. The Morgan fingerprint density at radius 2 is 1.40 bits per heavy atom. The first-order valence-corrected chi connectivity index (χ1v) is 3.22. The number of hydrogen-bond donors (Lipinski definition) is 0. The van der Waals surface area contributed by atoms with Crippen LogP contribution in [-0.2, 0) is 14.3 Å². The monoisotopic (exact) mass is 146 g/mol. The predicted molar refractivity (Wildman–Crippen MR) is 37.9 cm³/mol. The first-order chi connectivity index (χ1) is 4.63. The standard InChI is InChI=1S/C7H14O3/c1-5(9-3)7(8)6(2)10-4/h5-6H,1-4H3. The van der Waals surface area contributed by atoms with Gasteiger partial charge in [-0.3, -0.25) is 4.79 Å². The Morgan fingerprint density at radius 3 is 1.60 bits per heavy atom. The van der Waals surface area contributed by atoms with Crippen molar-refractivity contribution in [2.24, 2.45) is 0 Å². The van der Waals surface area contributed by atoms with Crippen molar-refractivity contribution in [3.63, 3.8) is 0 Å². The van der Waals surface area contributed by atoms with Crippen LogP contribution in [0, 0.1) is 0 Å². The van der Waals surface area contributed by atoms with Crippen LogP contribution in [-0.4, -0.2) is 32.2 Å². The molecule has 0 heterocycles. The Labute approximate surface area is 61.3 Å². The number of carbonyl (C=O) groups is 1. The van der Waals surface area contributed by atoms with Gasteiger partial charge in [-0.05, 0) is 13.8 Å². The number of methoxy groups -OCH3 is 2. The fraction of sp³-hybridized carbons (Fsp3) is 0.857. The molecule has 0 rings (SSSR count). The molecule has 0 saturated heterocycles. The minimum atomic E-state index is -0.366. The topological polar surface area (TPSA) is 35.5 Å². The van der Waals surface area contributed by atoms with Gasteiger partial charge in [0.15, 0.2) is 5.78 Å². The molecule has 2 unspecified atom stereocenters. The van der Waals surface area contributed by atoms with E-state index in [9.17, 15) is 4.79 Å². The Bertz CT molecular complexity index is 99.4. The third-order valence-corrected chi connectivity index (χ3v) is 1.51. The van der Waals surface area contributed by atoms with Crippen LogP contribution in [0.25, 0.3) is 0 Å². The van der Waals surface area contributed by atoms with Crippen LogP contribution < -0.4 is 0 Å². The molecular weight excluding hydrogens is 132 g/mol. The summed E-state index contributed by atoms with van der Waals surface area (Å²) in [5, 5.41) is 0. The average molecular weight is 146 g/mol. The molecule has 3 nitrogen and oxygen atoms in total. The van der Waals surface area contributed by atoms with Crippen molar-refractivity contribution in [2.75, 3.05) is 14.2 Å². The zero-order valence-electron chi connectivity index (χ0n) is 6.88. The van der Waals surface area contributed by atoms with Gasteiger partial charge < -0.3 is 9.47 Å². The molecular formula is C7H14O3. The number of ether oxygens (including phenoxy) is 2. The summed E-state index contributed by atoms with van der Waals surface area (Å²) in [5.74, 6) is -0.0231. The summed E-state index contributed by atoms with van der Waals surface area (Å²) < 4.78 is 9.61. The summed E-state index contributed by atoms with van der Waals surface area (Å²) in [6.45, 7) is 3.41. The smallest absolute Gasteiger partial charge is 0.189 e. The highest BCUT2D eigenvalue weighted by atomic mass is 16.5. The molecule has 0 saturated carbocycles. The van der Waals surface area contributed by atoms with Crippen LogP contribution in [0.1, 0.15) is 13.8 Å². The van der Waals surface area contributed by atoms with Crippen LogP contribution >= 0.6 is 0 Å². The highest BCUT2D eigenvalue weighted by Crippen LogP contribution is 1.98. The summed E-state index contributed by atoms with van der Waals surface area (Å²) in [5.41, 5.74) is 0. The summed E-state index contributed by atoms with van der Waals surface area (Å²) >= 11 is 0. The maximum absolute atomic E-state index is 11.1. The second-order valence-electron chi connectivity index (χ2n) is 2.16. The quantitative estimate of drug-likeness (QED) is 0.583. The average Bonchev–Trinajstić information content (AvgIpc) is 2.00. The van der Waals surface area contributed by atoms with E-state index in [0.29, 0.717) is 0 Å². The molecule has 0 radical (unpaired) electrons. The van der Waals surface area contributed by atoms with Crippen molar-refractivity contribution in [2.45, 2.75) is 26.1 Å². The maximum atomic E-state index is 11.1. The summed E-state index contributed by atoms with van der Waals surface area (Å²) in [4.78, 5) is 11.1. The Hall–Kier alpha value is -0.410. The molecule has 0 aliphatic rings. The van der Waals surface area contributed by atoms with Crippen molar-refractivity contribution in [3.8, 4) is 0 Å². The van der Waals surface area contributed by atoms with Crippen molar-refractivity contribution in [1.29, 1.82) is 0 Å². The predicted octanol–water partition coefficient (Wildman–Crippen LogP) is 0.625. The van der Waals surface area contributed by atoms with Crippen LogP contribution in [0.5, 0.6) is 0 Å². The first kappa shape index (κ1) is 9.59. The Kier molecular flexibility index (Phi) is 4.23. The summed E-state index contributed by atoms with van der Waals surface area (Å²) in [7, 11) is 3.01. The molecule has 2 atom stereocenters. The van der Waals surface area contributed by atoms with Crippen molar-refractivity contribution < 1.29 is 14.3 Å². The van der Waals surface area contributed by atoms with Gasteiger partial charge >= 0.3 is 0 Å². The van der Waals surface area contributed by atoms with E-state index in [4.69, 9.17) is 9.47 Å². The van der Waals surface area contributed by atoms with E-state index in [0.717, 1.165) is 0 Å². The lowest BCUT2D eigenvalue weighted by Gasteiger charge is -2.12. The van der Waals surface area contributed by atoms with Gasteiger partial charge in [-0.15, -0.1) is 0 Å². The van der Waals surface area contributed by atoms with Gasteiger partial charge in [-0.2, -0.15) is 0 Å². The van der Waals surface area contributed by atoms with E-state index in [1.165, 1.54) is 14.2 Å². The van der Waals surface area contributed by atoms with Crippen LogP contribution in [0.4, 0.5) is 0 Å². The number of carbonyl (C=O) groups excluding carboxylic acids is 1. The summed E-state index contributed by atoms with van der Waals surface area (Å²) in [6, 6.07) is 0. The fourth-order valence-electron chi connectivity index (χ4n) is 0.563. The highest BCUT2D eigenvalue weighted by Gasteiger charge is 2.18. The molecule has 3 heteroatoms. The minimum Gasteiger partial charge on any atom is -0.374 e. The first-order valence-electron chi connectivity index (χ1n) is 3.22. The maximum Gasteiger partial charge on any atom is 0.189 e. The van der Waals surface area contributed by atoms with Gasteiger partial charge in [-0.25, -0.2) is 0 Å². The Morgan fingerprint density at radius 1 is 1.10 bits per heavy atom. The molecule has 0 spiro atoms. The third kappa shape index (κ3) is 2.45. The number of ketones is 1. The number of Topliss-reactive ketones (excluding diaryl/α,β-unsaturated/α-hetero) is 1. The number of rotatable bonds is 4. The molecule has 60 valence electrons. The highest BCUT2D eigenvalue weighted by molar-refractivity contribution is 5.86. The van der Waals surface area contributed by atoms with Gasteiger partial charge in [0.25, 0.3) is 0 Å².